The summed E-state index contributed by atoms with van der Waals surface area (Å²) in [5, 5.41) is 10.0. The Morgan fingerprint density at radius 3 is 2.71 bits per heavy atom. The second-order valence-corrected chi connectivity index (χ2v) is 7.38. The number of aromatic nitrogens is 2. The largest absolute Gasteiger partial charge is 0.527 e. The van der Waals surface area contributed by atoms with Gasteiger partial charge in [0.05, 0.1) is 18.9 Å². The van der Waals surface area contributed by atoms with Gasteiger partial charge in [-0.3, -0.25) is 23.8 Å². The summed E-state index contributed by atoms with van der Waals surface area (Å²) in [7, 11) is -4.53. The van der Waals surface area contributed by atoms with Crippen LogP contribution in [0.1, 0.15) is 12.6 Å². The van der Waals surface area contributed by atoms with Gasteiger partial charge in [-0.15, -0.1) is 0 Å². The van der Waals surface area contributed by atoms with Crippen molar-refractivity contribution in [3.63, 3.8) is 0 Å². The molecule has 13 heteroatoms. The Balaban J connectivity index is 1.63. The number of anilines is 1. The molecule has 2 aromatic rings. The van der Waals surface area contributed by atoms with Crippen LogP contribution in [-0.4, -0.2) is 38.4 Å². The van der Waals surface area contributed by atoms with Crippen molar-refractivity contribution in [2.45, 2.75) is 24.9 Å². The molecule has 2 heterocycles. The summed E-state index contributed by atoms with van der Waals surface area (Å²) < 4.78 is 41.3. The standard InChI is InChI=1S/C15H17FN3O8P/c16-10-6-19(15(22)18-14(10)21)13-5-11(20)12(26-13)7-25-28(23,24)27-9-3-1-8(17)2-4-9/h1-4,6,11-13,20H,5,7,17H2,(H,23,24)(H,18,21,22). The molecular formula is C15H17FN3O8P. The van der Waals surface area contributed by atoms with Gasteiger partial charge < -0.3 is 20.1 Å². The van der Waals surface area contributed by atoms with Crippen LogP contribution in [0.15, 0.2) is 40.1 Å². The van der Waals surface area contributed by atoms with Crippen molar-refractivity contribution in [2.24, 2.45) is 0 Å². The van der Waals surface area contributed by atoms with Crippen molar-refractivity contribution < 1.29 is 32.7 Å². The summed E-state index contributed by atoms with van der Waals surface area (Å²) in [6, 6.07) is 5.67. The maximum absolute atomic E-state index is 13.4. The number of aromatic amines is 1. The highest BCUT2D eigenvalue weighted by atomic mass is 31.2. The van der Waals surface area contributed by atoms with E-state index in [2.05, 4.69) is 0 Å². The molecule has 0 saturated carbocycles. The van der Waals surface area contributed by atoms with Crippen molar-refractivity contribution >= 4 is 13.5 Å². The summed E-state index contributed by atoms with van der Waals surface area (Å²) >= 11 is 0. The van der Waals surface area contributed by atoms with E-state index in [1.54, 1.807) is 4.98 Å². The molecule has 0 bridgehead atoms. The molecule has 1 aliphatic heterocycles. The van der Waals surface area contributed by atoms with E-state index < -0.39 is 49.9 Å². The maximum Gasteiger partial charge on any atom is 0.527 e. The SMILES string of the molecule is Nc1ccc(OP(=O)(O)OCC2OC(n3cc(F)c(=O)[nH]c3=O)CC2O)cc1. The van der Waals surface area contributed by atoms with E-state index in [9.17, 15) is 28.5 Å². The smallest absolute Gasteiger partial charge is 0.404 e. The van der Waals surface area contributed by atoms with Crippen LogP contribution in [0, 0.1) is 5.82 Å². The Morgan fingerprint density at radius 2 is 2.04 bits per heavy atom. The van der Waals surface area contributed by atoms with Crippen LogP contribution in [-0.2, 0) is 13.8 Å². The van der Waals surface area contributed by atoms with Gasteiger partial charge in [0.15, 0.2) is 0 Å². The van der Waals surface area contributed by atoms with Gasteiger partial charge in [0.2, 0.25) is 5.82 Å². The Kier molecular flexibility index (Phi) is 5.68. The molecule has 5 N–H and O–H groups in total. The lowest BCUT2D eigenvalue weighted by Gasteiger charge is -2.18. The van der Waals surface area contributed by atoms with Gasteiger partial charge in [0, 0.05) is 12.1 Å². The fourth-order valence-electron chi connectivity index (χ4n) is 2.57. The van der Waals surface area contributed by atoms with Crippen LogP contribution in [0.3, 0.4) is 0 Å². The number of nitrogens with two attached hydrogens (primary N) is 1. The normalized spacial score (nSPS) is 24.0. The van der Waals surface area contributed by atoms with Crippen molar-refractivity contribution in [2.75, 3.05) is 12.3 Å². The lowest BCUT2D eigenvalue weighted by atomic mass is 10.2. The van der Waals surface area contributed by atoms with Crippen molar-refractivity contribution in [3.05, 3.63) is 57.1 Å². The highest BCUT2D eigenvalue weighted by Crippen LogP contribution is 2.44. The van der Waals surface area contributed by atoms with Crippen molar-refractivity contribution in [1.82, 2.24) is 9.55 Å². The van der Waals surface area contributed by atoms with E-state index in [0.29, 0.717) is 11.9 Å². The van der Waals surface area contributed by atoms with Gasteiger partial charge in [0.1, 0.15) is 18.1 Å². The van der Waals surface area contributed by atoms with E-state index in [0.717, 1.165) is 4.57 Å². The summed E-state index contributed by atoms with van der Waals surface area (Å²) in [6.07, 6.45) is -2.85. The van der Waals surface area contributed by atoms with Crippen molar-refractivity contribution in [3.8, 4) is 5.75 Å². The van der Waals surface area contributed by atoms with Crippen LogP contribution < -0.4 is 21.5 Å². The highest BCUT2D eigenvalue weighted by molar-refractivity contribution is 7.47. The van der Waals surface area contributed by atoms with E-state index >= 15 is 0 Å². The number of aliphatic hydroxyl groups excluding tert-OH is 1. The quantitative estimate of drug-likeness (QED) is 0.377. The molecule has 152 valence electrons. The van der Waals surface area contributed by atoms with Crippen LogP contribution in [0.25, 0.3) is 0 Å². The Bertz CT molecular complexity index is 1010. The molecule has 28 heavy (non-hydrogen) atoms. The van der Waals surface area contributed by atoms with Crippen LogP contribution in [0.5, 0.6) is 5.75 Å². The van der Waals surface area contributed by atoms with E-state index in [4.69, 9.17) is 19.5 Å². The maximum atomic E-state index is 13.4. The summed E-state index contributed by atoms with van der Waals surface area (Å²) in [6.45, 7) is -0.541. The zero-order valence-corrected chi connectivity index (χ0v) is 15.1. The Hall–Kier alpha value is -2.50. The second kappa shape index (κ2) is 7.86. The van der Waals surface area contributed by atoms with E-state index in [1.165, 1.54) is 24.3 Å². The first-order valence-electron chi connectivity index (χ1n) is 8.01. The topological polar surface area (TPSA) is 166 Å². The average Bonchev–Trinajstić information content (AvgIpc) is 2.99. The number of nitrogens with zero attached hydrogens (tertiary/aromatic N) is 1. The van der Waals surface area contributed by atoms with E-state index in [1.807, 2.05) is 0 Å². The molecule has 11 nitrogen and oxygen atoms in total. The summed E-state index contributed by atoms with van der Waals surface area (Å²) in [4.78, 5) is 34.4. The first-order valence-corrected chi connectivity index (χ1v) is 9.51. The minimum atomic E-state index is -4.53. The second-order valence-electron chi connectivity index (χ2n) is 6.00. The monoisotopic (exact) mass is 417 g/mol. The van der Waals surface area contributed by atoms with Gasteiger partial charge in [-0.25, -0.2) is 9.36 Å². The Labute approximate surface area is 156 Å². The third-order valence-electron chi connectivity index (χ3n) is 3.94. The number of hydrogen-bond donors (Lipinski definition) is 4. The third kappa shape index (κ3) is 4.66. The molecule has 0 spiro atoms. The molecule has 0 aliphatic carbocycles. The molecule has 4 atom stereocenters. The van der Waals surface area contributed by atoms with Gasteiger partial charge in [-0.05, 0) is 24.3 Å². The molecule has 1 aromatic carbocycles. The number of ether oxygens (including phenoxy) is 1. The molecular weight excluding hydrogens is 400 g/mol. The fourth-order valence-corrected chi connectivity index (χ4v) is 3.34. The van der Waals surface area contributed by atoms with Gasteiger partial charge in [-0.2, -0.15) is 4.39 Å². The van der Waals surface area contributed by atoms with Crippen molar-refractivity contribution in [1.29, 1.82) is 0 Å². The molecule has 1 aliphatic rings. The first-order chi connectivity index (χ1) is 13.1. The van der Waals surface area contributed by atoms with E-state index in [-0.39, 0.29) is 12.2 Å². The van der Waals surface area contributed by atoms with Crippen LogP contribution in [0.4, 0.5) is 10.1 Å². The number of halogens is 1. The molecule has 4 unspecified atom stereocenters. The fraction of sp³-hybridized carbons (Fsp3) is 0.333. The molecule has 1 aromatic heterocycles. The highest BCUT2D eigenvalue weighted by Gasteiger charge is 2.38. The number of benzene rings is 1. The van der Waals surface area contributed by atoms with Gasteiger partial charge in [0.25, 0.3) is 5.56 Å². The number of nitrogens with one attached hydrogen (secondary N) is 1. The number of hydrogen-bond acceptors (Lipinski definition) is 8. The average molecular weight is 417 g/mol. The number of rotatable bonds is 6. The van der Waals surface area contributed by atoms with Gasteiger partial charge >= 0.3 is 13.5 Å². The molecule has 3 rings (SSSR count). The number of H-pyrrole nitrogens is 1. The first kappa shape index (κ1) is 20.2. The molecule has 1 fully saturated rings. The lowest BCUT2D eigenvalue weighted by Crippen LogP contribution is -2.34. The number of phosphoric ester groups is 1. The number of phosphoric acid groups is 1. The minimum absolute atomic E-state index is 0.0427. The summed E-state index contributed by atoms with van der Waals surface area (Å²) in [5.74, 6) is -1.16. The predicted molar refractivity (Wildman–Crippen MR) is 93.1 cm³/mol. The molecule has 0 radical (unpaired) electrons. The zero-order valence-electron chi connectivity index (χ0n) is 14.2. The Morgan fingerprint density at radius 1 is 1.36 bits per heavy atom. The lowest BCUT2D eigenvalue weighted by molar-refractivity contribution is -0.0449. The predicted octanol–water partition coefficient (Wildman–Crippen LogP) is 0.102. The zero-order chi connectivity index (χ0) is 20.5. The molecule has 0 amide bonds. The number of aliphatic hydroxyl groups is 1. The molecule has 1 saturated heterocycles. The number of nitrogen functional groups attached to an aromatic ring is 1. The van der Waals surface area contributed by atoms with Crippen LogP contribution in [0.2, 0.25) is 0 Å². The third-order valence-corrected chi connectivity index (χ3v) is 4.86. The van der Waals surface area contributed by atoms with Gasteiger partial charge in [-0.1, -0.05) is 0 Å². The van der Waals surface area contributed by atoms with Crippen LogP contribution >= 0.6 is 7.82 Å². The summed E-state index contributed by atoms with van der Waals surface area (Å²) in [5.41, 5.74) is 3.83. The minimum Gasteiger partial charge on any atom is -0.404 e.